The van der Waals surface area contributed by atoms with Crippen molar-refractivity contribution in [3.63, 3.8) is 0 Å². The Kier molecular flexibility index (Phi) is 26.0. The third kappa shape index (κ3) is 24.0. The summed E-state index contributed by atoms with van der Waals surface area (Å²) in [5.41, 5.74) is 0. The fraction of sp³-hybridized carbons (Fsp3) is 0.933. The summed E-state index contributed by atoms with van der Waals surface area (Å²) in [7, 11) is 0. The summed E-state index contributed by atoms with van der Waals surface area (Å²) in [6.45, 7) is 4.53. The van der Waals surface area contributed by atoms with E-state index in [2.05, 4.69) is 13.8 Å². The van der Waals surface area contributed by atoms with Crippen molar-refractivity contribution in [3.05, 3.63) is 0 Å². The van der Waals surface area contributed by atoms with E-state index in [0.717, 1.165) is 25.7 Å². The number of carbonyl (C=O) groups is 2. The quantitative estimate of drug-likeness (QED) is 0.0921. The van der Waals surface area contributed by atoms with Crippen LogP contribution < -0.4 is 0 Å². The van der Waals surface area contributed by atoms with E-state index in [1.807, 2.05) is 0 Å². The maximum Gasteiger partial charge on any atom is 0.198 e. The van der Waals surface area contributed by atoms with Gasteiger partial charge < -0.3 is 0 Å². The fourth-order valence-corrected chi connectivity index (χ4v) is 4.53. The summed E-state index contributed by atoms with van der Waals surface area (Å²) in [5, 5.41) is 0. The first kappa shape index (κ1) is 31.3. The highest BCUT2D eigenvalue weighted by Gasteiger charge is 2.12. The van der Waals surface area contributed by atoms with Crippen LogP contribution in [0.2, 0.25) is 0 Å². The molecule has 0 amide bonds. The van der Waals surface area contributed by atoms with Crippen molar-refractivity contribution < 1.29 is 9.59 Å². The molecule has 0 bridgehead atoms. The highest BCUT2D eigenvalue weighted by Crippen LogP contribution is 2.14. The van der Waals surface area contributed by atoms with Gasteiger partial charge in [0, 0.05) is 12.8 Å². The Morgan fingerprint density at radius 1 is 0.312 bits per heavy atom. The molecule has 0 aromatic heterocycles. The van der Waals surface area contributed by atoms with Crippen molar-refractivity contribution >= 4 is 11.6 Å². The highest BCUT2D eigenvalue weighted by atomic mass is 16.2. The van der Waals surface area contributed by atoms with Gasteiger partial charge in [0.15, 0.2) is 11.6 Å². The van der Waals surface area contributed by atoms with E-state index in [9.17, 15) is 9.59 Å². The van der Waals surface area contributed by atoms with Gasteiger partial charge in [-0.3, -0.25) is 9.59 Å². The minimum Gasteiger partial charge on any atom is -0.291 e. The maximum atomic E-state index is 12.0. The zero-order valence-electron chi connectivity index (χ0n) is 22.2. The lowest BCUT2D eigenvalue weighted by Crippen LogP contribution is -2.13. The number of hydrogen-bond donors (Lipinski definition) is 0. The smallest absolute Gasteiger partial charge is 0.198 e. The zero-order chi connectivity index (χ0) is 23.5. The Labute approximate surface area is 202 Å². The van der Waals surface area contributed by atoms with Gasteiger partial charge in [-0.15, -0.1) is 0 Å². The molecule has 0 fully saturated rings. The van der Waals surface area contributed by atoms with Crippen LogP contribution in [0.15, 0.2) is 0 Å². The van der Waals surface area contributed by atoms with Gasteiger partial charge in [0.25, 0.3) is 0 Å². The van der Waals surface area contributed by atoms with Gasteiger partial charge in [-0.25, -0.2) is 0 Å². The number of carbonyl (C=O) groups excluding carboxylic acids is 2. The van der Waals surface area contributed by atoms with E-state index in [1.54, 1.807) is 0 Å². The summed E-state index contributed by atoms with van der Waals surface area (Å²) in [6.07, 6.45) is 32.0. The molecule has 2 heteroatoms. The van der Waals surface area contributed by atoms with E-state index in [4.69, 9.17) is 0 Å². The summed E-state index contributed by atoms with van der Waals surface area (Å²) < 4.78 is 0. The van der Waals surface area contributed by atoms with Crippen molar-refractivity contribution in [1.29, 1.82) is 0 Å². The van der Waals surface area contributed by atoms with Crippen molar-refractivity contribution in [2.24, 2.45) is 0 Å². The van der Waals surface area contributed by atoms with Gasteiger partial charge in [0.2, 0.25) is 0 Å². The number of unbranched alkanes of at least 4 members (excludes halogenated alkanes) is 22. The van der Waals surface area contributed by atoms with Crippen LogP contribution in [0.1, 0.15) is 181 Å². The molecule has 0 aromatic rings. The van der Waals surface area contributed by atoms with Gasteiger partial charge in [0.1, 0.15) is 0 Å². The van der Waals surface area contributed by atoms with Crippen LogP contribution in [0.4, 0.5) is 0 Å². The Balaban J connectivity index is 3.30. The van der Waals surface area contributed by atoms with E-state index >= 15 is 0 Å². The van der Waals surface area contributed by atoms with E-state index in [1.165, 1.54) is 128 Å². The van der Waals surface area contributed by atoms with Gasteiger partial charge in [-0.1, -0.05) is 155 Å². The average molecular weight is 451 g/mol. The number of rotatable bonds is 27. The third-order valence-electron chi connectivity index (χ3n) is 6.83. The normalized spacial score (nSPS) is 11.2. The Morgan fingerprint density at radius 3 is 0.719 bits per heavy atom. The van der Waals surface area contributed by atoms with Gasteiger partial charge in [-0.05, 0) is 12.8 Å². The number of hydrogen-bond acceptors (Lipinski definition) is 2. The summed E-state index contributed by atoms with van der Waals surface area (Å²) >= 11 is 0. The molecule has 0 spiro atoms. The molecule has 0 aliphatic rings. The molecule has 0 N–H and O–H groups in total. The zero-order valence-corrected chi connectivity index (χ0v) is 22.2. The van der Waals surface area contributed by atoms with Gasteiger partial charge in [-0.2, -0.15) is 0 Å². The van der Waals surface area contributed by atoms with Crippen LogP contribution >= 0.6 is 0 Å². The maximum absolute atomic E-state index is 12.0. The molecule has 0 aliphatic carbocycles. The largest absolute Gasteiger partial charge is 0.291 e. The lowest BCUT2D eigenvalue weighted by atomic mass is 10.0. The molecule has 0 rings (SSSR count). The van der Waals surface area contributed by atoms with Crippen LogP contribution in [0.3, 0.4) is 0 Å². The minimum atomic E-state index is -0.111. The molecular formula is C30H58O2. The van der Waals surface area contributed by atoms with Gasteiger partial charge >= 0.3 is 0 Å². The SMILES string of the molecule is CCCCCCCCCCCCCCC(=O)C(=O)CCCCCCCCCCCCCC. The van der Waals surface area contributed by atoms with Crippen LogP contribution in [0, 0.1) is 0 Å². The Bertz CT molecular complexity index is 364. The second kappa shape index (κ2) is 26.6. The molecule has 0 saturated carbocycles. The van der Waals surface area contributed by atoms with Crippen molar-refractivity contribution in [2.75, 3.05) is 0 Å². The predicted molar refractivity (Wildman–Crippen MR) is 141 cm³/mol. The molecule has 2 nitrogen and oxygen atoms in total. The first-order valence-electron chi connectivity index (χ1n) is 14.8. The number of Topliss-reactive ketones (excluding diaryl/α,β-unsaturated/α-hetero) is 2. The Hall–Kier alpha value is -0.660. The molecule has 0 unspecified atom stereocenters. The van der Waals surface area contributed by atoms with E-state index < -0.39 is 0 Å². The molecule has 0 atom stereocenters. The monoisotopic (exact) mass is 450 g/mol. The minimum absolute atomic E-state index is 0.111. The highest BCUT2D eigenvalue weighted by molar-refractivity contribution is 6.37. The lowest BCUT2D eigenvalue weighted by Gasteiger charge is -2.04. The average Bonchev–Trinajstić information content (AvgIpc) is 2.80. The second-order valence-electron chi connectivity index (χ2n) is 10.1. The fourth-order valence-electron chi connectivity index (χ4n) is 4.53. The lowest BCUT2D eigenvalue weighted by molar-refractivity contribution is -0.136. The van der Waals surface area contributed by atoms with Crippen LogP contribution in [-0.4, -0.2) is 11.6 Å². The van der Waals surface area contributed by atoms with Crippen molar-refractivity contribution in [2.45, 2.75) is 181 Å². The topological polar surface area (TPSA) is 34.1 Å². The molecule has 32 heavy (non-hydrogen) atoms. The van der Waals surface area contributed by atoms with Crippen LogP contribution in [-0.2, 0) is 9.59 Å². The van der Waals surface area contributed by atoms with Crippen molar-refractivity contribution in [3.8, 4) is 0 Å². The van der Waals surface area contributed by atoms with Crippen LogP contribution in [0.25, 0.3) is 0 Å². The first-order valence-corrected chi connectivity index (χ1v) is 14.8. The summed E-state index contributed by atoms with van der Waals surface area (Å²) in [5.74, 6) is -0.222. The van der Waals surface area contributed by atoms with Crippen LogP contribution in [0.5, 0.6) is 0 Å². The molecule has 0 heterocycles. The third-order valence-corrected chi connectivity index (χ3v) is 6.83. The number of ketones is 2. The summed E-state index contributed by atoms with van der Waals surface area (Å²) in [6, 6.07) is 0. The molecule has 0 saturated heterocycles. The standard InChI is InChI=1S/C30H58O2/c1-3-5-7-9-11-13-15-17-19-21-23-25-27-29(31)30(32)28-26-24-22-20-18-16-14-12-10-8-6-4-2/h3-28H2,1-2H3. The molecule has 0 aromatic carbocycles. The molecule has 190 valence electrons. The summed E-state index contributed by atoms with van der Waals surface area (Å²) in [4.78, 5) is 24.0. The molecule has 0 aliphatic heterocycles. The van der Waals surface area contributed by atoms with Gasteiger partial charge in [0.05, 0.1) is 0 Å². The Morgan fingerprint density at radius 2 is 0.500 bits per heavy atom. The molecule has 0 radical (unpaired) electrons. The van der Waals surface area contributed by atoms with Crippen molar-refractivity contribution in [1.82, 2.24) is 0 Å². The first-order chi connectivity index (χ1) is 15.7. The molecular weight excluding hydrogens is 392 g/mol. The predicted octanol–water partition coefficient (Wildman–Crippen LogP) is 10.3. The van der Waals surface area contributed by atoms with E-state index in [-0.39, 0.29) is 11.6 Å². The van der Waals surface area contributed by atoms with E-state index in [0.29, 0.717) is 12.8 Å². The second-order valence-corrected chi connectivity index (χ2v) is 10.1.